The van der Waals surface area contributed by atoms with Gasteiger partial charge in [-0.3, -0.25) is 4.79 Å². The first-order valence-electron chi connectivity index (χ1n) is 10.1. The first-order valence-corrected chi connectivity index (χ1v) is 10.1. The predicted molar refractivity (Wildman–Crippen MR) is 115 cm³/mol. The number of ether oxygens (including phenoxy) is 3. The monoisotopic (exact) mass is 448 g/mol. The van der Waals surface area contributed by atoms with Crippen LogP contribution in [0.4, 0.5) is 8.78 Å². The fourth-order valence-corrected chi connectivity index (χ4v) is 2.92. The first-order chi connectivity index (χ1) is 15.4. The summed E-state index contributed by atoms with van der Waals surface area (Å²) in [6.07, 6.45) is 0.743. The van der Waals surface area contributed by atoms with Crippen LogP contribution in [0.5, 0.6) is 17.2 Å². The van der Waals surface area contributed by atoms with Crippen molar-refractivity contribution in [1.29, 1.82) is 0 Å². The summed E-state index contributed by atoms with van der Waals surface area (Å²) in [5.41, 5.74) is 1.55. The number of benzene rings is 2. The molecule has 1 heterocycles. The van der Waals surface area contributed by atoms with Crippen LogP contribution >= 0.6 is 0 Å². The van der Waals surface area contributed by atoms with Gasteiger partial charge in [-0.1, -0.05) is 30.3 Å². The maximum Gasteiger partial charge on any atom is 0.387 e. The highest BCUT2D eigenvalue weighted by Gasteiger charge is 2.20. The molecule has 1 amide bonds. The van der Waals surface area contributed by atoms with Gasteiger partial charge in [0, 0.05) is 32.3 Å². The van der Waals surface area contributed by atoms with Gasteiger partial charge in [0.05, 0.1) is 13.1 Å². The lowest BCUT2D eigenvalue weighted by molar-refractivity contribution is -0.127. The van der Waals surface area contributed by atoms with Crippen LogP contribution in [0.1, 0.15) is 11.1 Å². The van der Waals surface area contributed by atoms with Crippen molar-refractivity contribution in [2.24, 2.45) is 4.99 Å². The third kappa shape index (κ3) is 6.73. The summed E-state index contributed by atoms with van der Waals surface area (Å²) in [4.78, 5) is 17.9. The fraction of sp³-hybridized carbons (Fsp3) is 0.364. The number of carbonyl (C=O) groups is 1. The van der Waals surface area contributed by atoms with E-state index in [4.69, 9.17) is 9.47 Å². The number of guanidine groups is 1. The SMILES string of the molecule is CN(C)C(=O)CNC(=NCc1cc2c(cc1OC(F)F)OCO2)NCCc1ccccc1. The normalized spacial score (nSPS) is 12.6. The van der Waals surface area contributed by atoms with E-state index in [-0.39, 0.29) is 31.5 Å². The molecular weight excluding hydrogens is 422 g/mol. The quantitative estimate of drug-likeness (QED) is 0.453. The van der Waals surface area contributed by atoms with Crippen LogP contribution in [-0.4, -0.2) is 57.4 Å². The number of hydrogen-bond acceptors (Lipinski definition) is 5. The number of nitrogens with one attached hydrogen (secondary N) is 2. The van der Waals surface area contributed by atoms with Crippen molar-refractivity contribution in [2.45, 2.75) is 19.6 Å². The van der Waals surface area contributed by atoms with Gasteiger partial charge in [-0.25, -0.2) is 4.99 Å². The molecule has 1 aliphatic heterocycles. The number of hydrogen-bond donors (Lipinski definition) is 2. The molecule has 32 heavy (non-hydrogen) atoms. The van der Waals surface area contributed by atoms with Crippen LogP contribution in [0.15, 0.2) is 47.5 Å². The number of alkyl halides is 2. The molecule has 0 saturated carbocycles. The summed E-state index contributed by atoms with van der Waals surface area (Å²) in [6.45, 7) is -2.36. The molecule has 0 atom stereocenters. The molecule has 2 aromatic rings. The van der Waals surface area contributed by atoms with Crippen molar-refractivity contribution in [3.63, 3.8) is 0 Å². The van der Waals surface area contributed by atoms with Crippen molar-refractivity contribution in [3.05, 3.63) is 53.6 Å². The van der Waals surface area contributed by atoms with Gasteiger partial charge in [0.15, 0.2) is 17.5 Å². The third-order valence-electron chi connectivity index (χ3n) is 4.63. The molecule has 2 N–H and O–H groups in total. The minimum absolute atomic E-state index is 0.0106. The molecule has 0 saturated heterocycles. The van der Waals surface area contributed by atoms with Crippen LogP contribution in [0.25, 0.3) is 0 Å². The lowest BCUT2D eigenvalue weighted by atomic mass is 10.1. The number of aliphatic imine (C=N–C) groups is 1. The van der Waals surface area contributed by atoms with E-state index in [1.54, 1.807) is 20.2 Å². The Morgan fingerprint density at radius 3 is 2.56 bits per heavy atom. The summed E-state index contributed by atoms with van der Waals surface area (Å²) in [5, 5.41) is 6.14. The van der Waals surface area contributed by atoms with Crippen LogP contribution in [0.2, 0.25) is 0 Å². The molecule has 1 aliphatic rings. The van der Waals surface area contributed by atoms with Gasteiger partial charge >= 0.3 is 6.61 Å². The minimum atomic E-state index is -2.99. The van der Waals surface area contributed by atoms with E-state index in [1.807, 2.05) is 30.3 Å². The average Bonchev–Trinajstić information content (AvgIpc) is 3.22. The highest BCUT2D eigenvalue weighted by atomic mass is 19.3. The zero-order chi connectivity index (χ0) is 22.9. The van der Waals surface area contributed by atoms with Crippen molar-refractivity contribution >= 4 is 11.9 Å². The third-order valence-corrected chi connectivity index (χ3v) is 4.63. The van der Waals surface area contributed by atoms with Gasteiger partial charge in [0.1, 0.15) is 5.75 Å². The van der Waals surface area contributed by atoms with Crippen molar-refractivity contribution < 1.29 is 27.8 Å². The Labute approximate surface area is 185 Å². The number of fused-ring (bicyclic) bond motifs is 1. The fourth-order valence-electron chi connectivity index (χ4n) is 2.92. The van der Waals surface area contributed by atoms with E-state index in [2.05, 4.69) is 20.4 Å². The summed E-state index contributed by atoms with van der Waals surface area (Å²) in [5.74, 6) is 0.973. The van der Waals surface area contributed by atoms with Gasteiger partial charge < -0.3 is 29.7 Å². The molecule has 0 spiro atoms. The highest BCUT2D eigenvalue weighted by molar-refractivity contribution is 5.86. The number of nitrogens with zero attached hydrogens (tertiary/aromatic N) is 2. The molecular formula is C22H26F2N4O4. The number of amides is 1. The Morgan fingerprint density at radius 2 is 1.88 bits per heavy atom. The molecule has 2 aromatic carbocycles. The lowest BCUT2D eigenvalue weighted by Crippen LogP contribution is -2.43. The highest BCUT2D eigenvalue weighted by Crippen LogP contribution is 2.39. The Hall–Kier alpha value is -3.56. The number of rotatable bonds is 9. The van der Waals surface area contributed by atoms with Gasteiger partial charge in [-0.05, 0) is 18.1 Å². The average molecular weight is 448 g/mol. The topological polar surface area (TPSA) is 84.4 Å². The molecule has 0 aromatic heterocycles. The summed E-state index contributed by atoms with van der Waals surface area (Å²) >= 11 is 0. The molecule has 3 rings (SSSR count). The second-order valence-electron chi connectivity index (χ2n) is 7.16. The van der Waals surface area contributed by atoms with Gasteiger partial charge in [-0.2, -0.15) is 8.78 Å². The number of likely N-dealkylation sites (N-methyl/N-ethyl adjacent to an activating group) is 1. The summed E-state index contributed by atoms with van der Waals surface area (Å²) in [6, 6.07) is 12.8. The Bertz CT molecular complexity index is 939. The molecule has 10 heteroatoms. The van der Waals surface area contributed by atoms with Crippen LogP contribution in [0, 0.1) is 0 Å². The van der Waals surface area contributed by atoms with Crippen molar-refractivity contribution in [3.8, 4) is 17.2 Å². The van der Waals surface area contributed by atoms with Crippen molar-refractivity contribution in [1.82, 2.24) is 15.5 Å². The molecule has 0 fully saturated rings. The smallest absolute Gasteiger partial charge is 0.387 e. The minimum Gasteiger partial charge on any atom is -0.454 e. The first kappa shape index (κ1) is 23.1. The molecule has 0 unspecified atom stereocenters. The van der Waals surface area contributed by atoms with Crippen LogP contribution in [0.3, 0.4) is 0 Å². The van der Waals surface area contributed by atoms with E-state index < -0.39 is 6.61 Å². The number of carbonyl (C=O) groups excluding carboxylic acids is 1. The van der Waals surface area contributed by atoms with Crippen LogP contribution in [-0.2, 0) is 17.8 Å². The Kier molecular flexibility index (Phi) is 8.07. The zero-order valence-electron chi connectivity index (χ0n) is 17.9. The molecule has 0 bridgehead atoms. The van der Waals surface area contributed by atoms with E-state index in [9.17, 15) is 13.6 Å². The van der Waals surface area contributed by atoms with Gasteiger partial charge in [0.2, 0.25) is 12.7 Å². The molecule has 8 nitrogen and oxygen atoms in total. The van der Waals surface area contributed by atoms with Gasteiger partial charge in [0.25, 0.3) is 0 Å². The van der Waals surface area contributed by atoms with E-state index in [0.29, 0.717) is 29.6 Å². The molecule has 0 aliphatic carbocycles. The molecule has 172 valence electrons. The standard InChI is InChI=1S/C22H26F2N4O4/c1-28(2)20(29)13-27-22(25-9-8-15-6-4-3-5-7-15)26-12-16-10-18-19(31-14-30-18)11-17(16)32-21(23)24/h3-7,10-11,21H,8-9,12-14H2,1-2H3,(H2,25,26,27). The molecule has 0 radical (unpaired) electrons. The van der Waals surface area contributed by atoms with E-state index >= 15 is 0 Å². The second-order valence-corrected chi connectivity index (χ2v) is 7.16. The largest absolute Gasteiger partial charge is 0.454 e. The van der Waals surface area contributed by atoms with Crippen LogP contribution < -0.4 is 24.8 Å². The maximum absolute atomic E-state index is 12.9. The summed E-state index contributed by atoms with van der Waals surface area (Å²) < 4.78 is 40.9. The van der Waals surface area contributed by atoms with E-state index in [1.165, 1.54) is 11.0 Å². The number of halogens is 2. The van der Waals surface area contributed by atoms with E-state index in [0.717, 1.165) is 12.0 Å². The zero-order valence-corrected chi connectivity index (χ0v) is 17.9. The lowest BCUT2D eigenvalue weighted by Gasteiger charge is -2.16. The Balaban J connectivity index is 1.72. The Morgan fingerprint density at radius 1 is 1.16 bits per heavy atom. The summed E-state index contributed by atoms with van der Waals surface area (Å²) in [7, 11) is 3.31. The second kappa shape index (κ2) is 11.2. The predicted octanol–water partition coefficient (Wildman–Crippen LogP) is 2.38. The maximum atomic E-state index is 12.9. The van der Waals surface area contributed by atoms with Crippen molar-refractivity contribution in [2.75, 3.05) is 34.0 Å². The van der Waals surface area contributed by atoms with Gasteiger partial charge in [-0.15, -0.1) is 0 Å².